The number of benzene rings is 1. The second-order valence-electron chi connectivity index (χ2n) is 5.76. The molecule has 0 aliphatic heterocycles. The molecular formula is C17H24N4. The number of hydrogen-bond acceptors (Lipinski definition) is 4. The van der Waals surface area contributed by atoms with Crippen LogP contribution in [0.5, 0.6) is 0 Å². The van der Waals surface area contributed by atoms with Crippen LogP contribution in [0.3, 0.4) is 0 Å². The highest BCUT2D eigenvalue weighted by Gasteiger charge is 2.05. The summed E-state index contributed by atoms with van der Waals surface area (Å²) in [5.41, 5.74) is 3.52. The van der Waals surface area contributed by atoms with Crippen LogP contribution in [0.25, 0.3) is 0 Å². The average molecular weight is 284 g/mol. The number of nitrogens with one attached hydrogen (secondary N) is 1. The Morgan fingerprint density at radius 1 is 1.05 bits per heavy atom. The van der Waals surface area contributed by atoms with Gasteiger partial charge in [0.05, 0.1) is 5.69 Å². The Labute approximate surface area is 127 Å². The SMILES string of the molecule is Cc1ccc(CN(C)c2ccc(CNC(C)C)nn2)cc1. The fourth-order valence-electron chi connectivity index (χ4n) is 2.01. The molecule has 0 radical (unpaired) electrons. The summed E-state index contributed by atoms with van der Waals surface area (Å²) < 4.78 is 0. The van der Waals surface area contributed by atoms with Crippen LogP contribution < -0.4 is 10.2 Å². The van der Waals surface area contributed by atoms with E-state index in [0.29, 0.717) is 6.04 Å². The summed E-state index contributed by atoms with van der Waals surface area (Å²) in [7, 11) is 2.04. The van der Waals surface area contributed by atoms with Crippen LogP contribution in [0.4, 0.5) is 5.82 Å². The lowest BCUT2D eigenvalue weighted by Gasteiger charge is -2.18. The molecule has 4 nitrogen and oxygen atoms in total. The number of aromatic nitrogens is 2. The monoisotopic (exact) mass is 284 g/mol. The Morgan fingerprint density at radius 3 is 2.33 bits per heavy atom. The highest BCUT2D eigenvalue weighted by Crippen LogP contribution is 2.12. The maximum atomic E-state index is 4.31. The first-order valence-electron chi connectivity index (χ1n) is 7.37. The van der Waals surface area contributed by atoms with Gasteiger partial charge in [-0.05, 0) is 24.6 Å². The molecule has 0 aliphatic carbocycles. The van der Waals surface area contributed by atoms with Gasteiger partial charge in [-0.2, -0.15) is 5.10 Å². The largest absolute Gasteiger partial charge is 0.354 e. The lowest BCUT2D eigenvalue weighted by atomic mass is 10.1. The molecule has 1 aromatic heterocycles. The molecule has 0 spiro atoms. The van der Waals surface area contributed by atoms with E-state index in [1.165, 1.54) is 11.1 Å². The quantitative estimate of drug-likeness (QED) is 0.885. The molecule has 0 amide bonds. The average Bonchev–Trinajstić information content (AvgIpc) is 2.48. The van der Waals surface area contributed by atoms with Gasteiger partial charge < -0.3 is 10.2 Å². The van der Waals surface area contributed by atoms with Crippen molar-refractivity contribution in [2.45, 2.75) is 39.9 Å². The van der Waals surface area contributed by atoms with E-state index in [4.69, 9.17) is 0 Å². The Morgan fingerprint density at radius 2 is 1.76 bits per heavy atom. The van der Waals surface area contributed by atoms with Crippen LogP contribution >= 0.6 is 0 Å². The zero-order valence-corrected chi connectivity index (χ0v) is 13.3. The third kappa shape index (κ3) is 4.83. The molecule has 1 aromatic carbocycles. The zero-order valence-electron chi connectivity index (χ0n) is 13.3. The van der Waals surface area contributed by atoms with Crippen molar-refractivity contribution in [3.63, 3.8) is 0 Å². The standard InChI is InChI=1S/C17H24N4/c1-13(2)18-11-16-9-10-17(20-19-16)21(4)12-15-7-5-14(3)6-8-15/h5-10,13,18H,11-12H2,1-4H3. The Kier molecular flexibility index (Phi) is 5.28. The molecule has 0 saturated carbocycles. The summed E-state index contributed by atoms with van der Waals surface area (Å²) in [6.45, 7) is 7.93. The fourth-order valence-corrected chi connectivity index (χ4v) is 2.01. The first kappa shape index (κ1) is 15.4. The number of rotatable bonds is 6. The minimum Gasteiger partial charge on any atom is -0.354 e. The van der Waals surface area contributed by atoms with Crippen molar-refractivity contribution >= 4 is 5.82 Å². The number of hydrogen-bond donors (Lipinski definition) is 1. The summed E-state index contributed by atoms with van der Waals surface area (Å²) in [6, 6.07) is 13.1. The van der Waals surface area contributed by atoms with E-state index in [1.54, 1.807) is 0 Å². The maximum absolute atomic E-state index is 4.31. The molecule has 0 aliphatic rings. The first-order chi connectivity index (χ1) is 10.0. The second kappa shape index (κ2) is 7.18. The van der Waals surface area contributed by atoms with Crippen molar-refractivity contribution in [3.8, 4) is 0 Å². The van der Waals surface area contributed by atoms with Crippen molar-refractivity contribution in [2.24, 2.45) is 0 Å². The summed E-state index contributed by atoms with van der Waals surface area (Å²) >= 11 is 0. The molecular weight excluding hydrogens is 260 g/mol. The van der Waals surface area contributed by atoms with Gasteiger partial charge in [-0.25, -0.2) is 0 Å². The lowest BCUT2D eigenvalue weighted by molar-refractivity contribution is 0.577. The van der Waals surface area contributed by atoms with Gasteiger partial charge in [-0.1, -0.05) is 43.7 Å². The minimum absolute atomic E-state index is 0.454. The molecule has 21 heavy (non-hydrogen) atoms. The molecule has 0 bridgehead atoms. The summed E-state index contributed by atoms with van der Waals surface area (Å²) in [4.78, 5) is 2.11. The third-order valence-electron chi connectivity index (χ3n) is 3.33. The minimum atomic E-state index is 0.454. The normalized spacial score (nSPS) is 10.9. The highest BCUT2D eigenvalue weighted by molar-refractivity contribution is 5.38. The third-order valence-corrected chi connectivity index (χ3v) is 3.33. The van der Waals surface area contributed by atoms with Crippen molar-refractivity contribution in [2.75, 3.05) is 11.9 Å². The van der Waals surface area contributed by atoms with Crippen LogP contribution in [0.2, 0.25) is 0 Å². The fraction of sp³-hybridized carbons (Fsp3) is 0.412. The predicted octanol–water partition coefficient (Wildman–Crippen LogP) is 2.92. The van der Waals surface area contributed by atoms with E-state index < -0.39 is 0 Å². The topological polar surface area (TPSA) is 41.0 Å². The molecule has 0 atom stereocenters. The molecule has 4 heteroatoms. The molecule has 0 saturated heterocycles. The van der Waals surface area contributed by atoms with Crippen molar-refractivity contribution < 1.29 is 0 Å². The molecule has 0 fully saturated rings. The highest BCUT2D eigenvalue weighted by atomic mass is 15.2. The van der Waals surface area contributed by atoms with E-state index in [-0.39, 0.29) is 0 Å². The zero-order chi connectivity index (χ0) is 15.2. The Hall–Kier alpha value is -1.94. The number of nitrogens with zero attached hydrogens (tertiary/aromatic N) is 3. The van der Waals surface area contributed by atoms with Crippen LogP contribution in [0, 0.1) is 6.92 Å². The van der Waals surface area contributed by atoms with Gasteiger partial charge in [0.15, 0.2) is 5.82 Å². The summed E-state index contributed by atoms with van der Waals surface area (Å²) in [5.74, 6) is 0.892. The van der Waals surface area contributed by atoms with E-state index in [0.717, 1.165) is 24.6 Å². The van der Waals surface area contributed by atoms with Crippen LogP contribution in [-0.2, 0) is 13.1 Å². The number of anilines is 1. The lowest BCUT2D eigenvalue weighted by Crippen LogP contribution is -2.23. The first-order valence-corrected chi connectivity index (χ1v) is 7.37. The van der Waals surface area contributed by atoms with Gasteiger partial charge >= 0.3 is 0 Å². The molecule has 2 aromatic rings. The predicted molar refractivity (Wildman–Crippen MR) is 87.3 cm³/mol. The van der Waals surface area contributed by atoms with E-state index >= 15 is 0 Å². The van der Waals surface area contributed by atoms with Gasteiger partial charge in [0.2, 0.25) is 0 Å². The molecule has 112 valence electrons. The van der Waals surface area contributed by atoms with E-state index in [9.17, 15) is 0 Å². The van der Waals surface area contributed by atoms with Crippen LogP contribution in [0.1, 0.15) is 30.7 Å². The number of aryl methyl sites for hydroxylation is 1. The maximum Gasteiger partial charge on any atom is 0.151 e. The van der Waals surface area contributed by atoms with E-state index in [1.807, 2.05) is 19.2 Å². The van der Waals surface area contributed by atoms with Crippen molar-refractivity contribution in [1.82, 2.24) is 15.5 Å². The Bertz CT molecular complexity index is 546. The van der Waals surface area contributed by atoms with Crippen molar-refractivity contribution in [1.29, 1.82) is 0 Å². The smallest absolute Gasteiger partial charge is 0.151 e. The molecule has 2 rings (SSSR count). The summed E-state index contributed by atoms with van der Waals surface area (Å²) in [6.07, 6.45) is 0. The van der Waals surface area contributed by atoms with Gasteiger partial charge in [-0.15, -0.1) is 5.10 Å². The van der Waals surface area contributed by atoms with Gasteiger partial charge in [0.1, 0.15) is 0 Å². The second-order valence-corrected chi connectivity index (χ2v) is 5.76. The molecule has 0 unspecified atom stereocenters. The van der Waals surface area contributed by atoms with Gasteiger partial charge in [0.25, 0.3) is 0 Å². The van der Waals surface area contributed by atoms with Crippen LogP contribution in [-0.4, -0.2) is 23.3 Å². The molecule has 1 N–H and O–H groups in total. The summed E-state index contributed by atoms with van der Waals surface area (Å²) in [5, 5.41) is 11.9. The van der Waals surface area contributed by atoms with Crippen molar-refractivity contribution in [3.05, 3.63) is 53.2 Å². The molecule has 1 heterocycles. The van der Waals surface area contributed by atoms with Gasteiger partial charge in [-0.3, -0.25) is 0 Å². The van der Waals surface area contributed by atoms with Crippen LogP contribution in [0.15, 0.2) is 36.4 Å². The Balaban J connectivity index is 1.96. The van der Waals surface area contributed by atoms with Gasteiger partial charge in [0, 0.05) is 26.2 Å². The van der Waals surface area contributed by atoms with E-state index in [2.05, 4.69) is 65.5 Å².